The minimum absolute atomic E-state index is 0.881. The lowest BCUT2D eigenvalue weighted by Gasteiger charge is -2.01. The lowest BCUT2D eigenvalue weighted by molar-refractivity contribution is 0.814. The second-order valence-electron chi connectivity index (χ2n) is 4.45. The van der Waals surface area contributed by atoms with Crippen LogP contribution in [0.15, 0.2) is 12.3 Å². The SMILES string of the molecule is CCc1nc(-c2ncc(C)cc2C)sc1CNC. The molecule has 0 aliphatic carbocycles. The molecule has 3 nitrogen and oxygen atoms in total. The Morgan fingerprint density at radius 1 is 1.33 bits per heavy atom. The fourth-order valence-electron chi connectivity index (χ4n) is 2.00. The van der Waals surface area contributed by atoms with E-state index in [0.717, 1.165) is 23.7 Å². The number of rotatable bonds is 4. The third-order valence-electron chi connectivity index (χ3n) is 2.87. The minimum atomic E-state index is 0.881. The van der Waals surface area contributed by atoms with E-state index in [1.807, 2.05) is 13.2 Å². The normalized spacial score (nSPS) is 10.9. The Hall–Kier alpha value is -1.26. The number of aromatic nitrogens is 2. The number of hydrogen-bond acceptors (Lipinski definition) is 4. The summed E-state index contributed by atoms with van der Waals surface area (Å²) < 4.78 is 0. The monoisotopic (exact) mass is 261 g/mol. The second-order valence-corrected chi connectivity index (χ2v) is 5.53. The highest BCUT2D eigenvalue weighted by Crippen LogP contribution is 2.29. The maximum absolute atomic E-state index is 4.72. The molecule has 2 rings (SSSR count). The van der Waals surface area contributed by atoms with Crippen molar-refractivity contribution < 1.29 is 0 Å². The topological polar surface area (TPSA) is 37.8 Å². The molecule has 96 valence electrons. The summed E-state index contributed by atoms with van der Waals surface area (Å²) in [5.74, 6) is 0. The zero-order valence-electron chi connectivity index (χ0n) is 11.4. The van der Waals surface area contributed by atoms with E-state index < -0.39 is 0 Å². The van der Waals surface area contributed by atoms with Crippen molar-refractivity contribution >= 4 is 11.3 Å². The molecule has 0 fully saturated rings. The molecule has 0 bridgehead atoms. The summed E-state index contributed by atoms with van der Waals surface area (Å²) in [6.45, 7) is 7.19. The summed E-state index contributed by atoms with van der Waals surface area (Å²) in [7, 11) is 1.97. The number of aryl methyl sites for hydroxylation is 3. The van der Waals surface area contributed by atoms with Crippen LogP contribution in [0, 0.1) is 13.8 Å². The predicted octanol–water partition coefficient (Wildman–Crippen LogP) is 3.10. The van der Waals surface area contributed by atoms with Crippen molar-refractivity contribution in [3.63, 3.8) is 0 Å². The molecule has 0 unspecified atom stereocenters. The molecule has 0 atom stereocenters. The number of nitrogens with zero attached hydrogens (tertiary/aromatic N) is 2. The maximum atomic E-state index is 4.72. The van der Waals surface area contributed by atoms with E-state index in [0.29, 0.717) is 0 Å². The Morgan fingerprint density at radius 2 is 2.11 bits per heavy atom. The van der Waals surface area contributed by atoms with Crippen LogP contribution in [0.5, 0.6) is 0 Å². The van der Waals surface area contributed by atoms with Crippen molar-refractivity contribution in [3.8, 4) is 10.7 Å². The quantitative estimate of drug-likeness (QED) is 0.919. The molecule has 0 aromatic carbocycles. The largest absolute Gasteiger partial charge is 0.315 e. The van der Waals surface area contributed by atoms with Gasteiger partial charge >= 0.3 is 0 Å². The average molecular weight is 261 g/mol. The molecule has 4 heteroatoms. The van der Waals surface area contributed by atoms with Gasteiger partial charge in [-0.1, -0.05) is 13.0 Å². The molecule has 2 aromatic rings. The van der Waals surface area contributed by atoms with Crippen molar-refractivity contribution in [2.24, 2.45) is 0 Å². The number of hydrogen-bond donors (Lipinski definition) is 1. The average Bonchev–Trinajstić information content (AvgIpc) is 2.72. The molecule has 0 spiro atoms. The van der Waals surface area contributed by atoms with Crippen LogP contribution in [0.25, 0.3) is 10.7 Å². The summed E-state index contributed by atoms with van der Waals surface area (Å²) in [5, 5.41) is 4.23. The fraction of sp³-hybridized carbons (Fsp3) is 0.429. The minimum Gasteiger partial charge on any atom is -0.315 e. The number of thiazole rings is 1. The Morgan fingerprint density at radius 3 is 2.72 bits per heavy atom. The highest BCUT2D eigenvalue weighted by molar-refractivity contribution is 7.15. The van der Waals surface area contributed by atoms with Gasteiger partial charge in [0, 0.05) is 17.6 Å². The van der Waals surface area contributed by atoms with Crippen LogP contribution in [-0.2, 0) is 13.0 Å². The van der Waals surface area contributed by atoms with Crippen LogP contribution >= 0.6 is 11.3 Å². The van der Waals surface area contributed by atoms with Crippen molar-refractivity contribution in [2.45, 2.75) is 33.7 Å². The van der Waals surface area contributed by atoms with E-state index in [1.165, 1.54) is 21.7 Å². The second kappa shape index (κ2) is 5.59. The molecule has 2 heterocycles. The van der Waals surface area contributed by atoms with Crippen LogP contribution in [0.2, 0.25) is 0 Å². The summed E-state index contributed by atoms with van der Waals surface area (Å²) >= 11 is 1.75. The van der Waals surface area contributed by atoms with Gasteiger partial charge in [0.2, 0.25) is 0 Å². The van der Waals surface area contributed by atoms with Crippen molar-refractivity contribution in [2.75, 3.05) is 7.05 Å². The molecule has 0 aliphatic rings. The lowest BCUT2D eigenvalue weighted by atomic mass is 10.2. The summed E-state index contributed by atoms with van der Waals surface area (Å²) in [4.78, 5) is 10.6. The van der Waals surface area contributed by atoms with Gasteiger partial charge in [-0.05, 0) is 38.4 Å². The first kappa shape index (κ1) is 13.2. The van der Waals surface area contributed by atoms with Gasteiger partial charge in [-0.2, -0.15) is 0 Å². The fourth-order valence-corrected chi connectivity index (χ4v) is 3.22. The molecule has 1 N–H and O–H groups in total. The first-order valence-electron chi connectivity index (χ1n) is 6.22. The van der Waals surface area contributed by atoms with E-state index in [4.69, 9.17) is 4.98 Å². The molecular formula is C14H19N3S. The molecule has 0 saturated carbocycles. The van der Waals surface area contributed by atoms with E-state index in [2.05, 4.69) is 37.1 Å². The van der Waals surface area contributed by atoms with Gasteiger partial charge in [0.25, 0.3) is 0 Å². The highest BCUT2D eigenvalue weighted by atomic mass is 32.1. The van der Waals surface area contributed by atoms with Gasteiger partial charge in [-0.25, -0.2) is 4.98 Å². The standard InChI is InChI=1S/C14H19N3S/c1-5-11-12(8-15-4)18-14(17-11)13-10(3)6-9(2)7-16-13/h6-7,15H,5,8H2,1-4H3. The Bertz CT molecular complexity index is 546. The number of pyridine rings is 1. The molecule has 0 amide bonds. The zero-order valence-corrected chi connectivity index (χ0v) is 12.2. The van der Waals surface area contributed by atoms with Crippen LogP contribution in [0.3, 0.4) is 0 Å². The molecule has 0 radical (unpaired) electrons. The van der Waals surface area contributed by atoms with Gasteiger partial charge in [0.15, 0.2) is 0 Å². The van der Waals surface area contributed by atoms with Crippen molar-refractivity contribution in [1.29, 1.82) is 0 Å². The summed E-state index contributed by atoms with van der Waals surface area (Å²) in [5.41, 5.74) is 4.59. The highest BCUT2D eigenvalue weighted by Gasteiger charge is 2.13. The third kappa shape index (κ3) is 2.60. The Labute approximate surface area is 112 Å². The molecular weight excluding hydrogens is 242 g/mol. The first-order valence-corrected chi connectivity index (χ1v) is 7.04. The predicted molar refractivity (Wildman–Crippen MR) is 77.0 cm³/mol. The van der Waals surface area contributed by atoms with E-state index in [1.54, 1.807) is 11.3 Å². The van der Waals surface area contributed by atoms with Crippen molar-refractivity contribution in [3.05, 3.63) is 34.0 Å². The van der Waals surface area contributed by atoms with Gasteiger partial charge < -0.3 is 5.32 Å². The number of nitrogens with one attached hydrogen (secondary N) is 1. The smallest absolute Gasteiger partial charge is 0.142 e. The van der Waals surface area contributed by atoms with Crippen LogP contribution in [-0.4, -0.2) is 17.0 Å². The van der Waals surface area contributed by atoms with Gasteiger partial charge in [0.1, 0.15) is 10.7 Å². The first-order chi connectivity index (χ1) is 8.65. The Balaban J connectivity index is 2.44. The molecule has 0 saturated heterocycles. The summed E-state index contributed by atoms with van der Waals surface area (Å²) in [6, 6.07) is 2.16. The third-order valence-corrected chi connectivity index (χ3v) is 3.97. The Kier molecular flexibility index (Phi) is 4.09. The van der Waals surface area contributed by atoms with Gasteiger partial charge in [0.05, 0.1) is 5.69 Å². The molecule has 18 heavy (non-hydrogen) atoms. The molecule has 0 aliphatic heterocycles. The summed E-state index contributed by atoms with van der Waals surface area (Å²) in [6.07, 6.45) is 2.88. The maximum Gasteiger partial charge on any atom is 0.142 e. The van der Waals surface area contributed by atoms with Crippen LogP contribution < -0.4 is 5.32 Å². The zero-order chi connectivity index (χ0) is 13.1. The van der Waals surface area contributed by atoms with Gasteiger partial charge in [-0.3, -0.25) is 4.98 Å². The molecule has 2 aromatic heterocycles. The van der Waals surface area contributed by atoms with E-state index in [9.17, 15) is 0 Å². The van der Waals surface area contributed by atoms with Crippen molar-refractivity contribution in [1.82, 2.24) is 15.3 Å². The van der Waals surface area contributed by atoms with Crippen LogP contribution in [0.4, 0.5) is 0 Å². The van der Waals surface area contributed by atoms with E-state index >= 15 is 0 Å². The van der Waals surface area contributed by atoms with Crippen LogP contribution in [0.1, 0.15) is 28.6 Å². The van der Waals surface area contributed by atoms with Gasteiger partial charge in [-0.15, -0.1) is 11.3 Å². The lowest BCUT2D eigenvalue weighted by Crippen LogP contribution is -2.05. The van der Waals surface area contributed by atoms with E-state index in [-0.39, 0.29) is 0 Å².